The van der Waals surface area contributed by atoms with Crippen molar-refractivity contribution in [2.75, 3.05) is 0 Å². The maximum absolute atomic E-state index is 10.0. The highest BCUT2D eigenvalue weighted by atomic mass is 28.5. The van der Waals surface area contributed by atoms with Crippen molar-refractivity contribution in [2.45, 2.75) is 117 Å². The third-order valence-electron chi connectivity index (χ3n) is 3.63. The van der Waals surface area contributed by atoms with Crippen molar-refractivity contribution in [1.29, 1.82) is 0 Å². The molecular formula is C18H54O7Si7. The van der Waals surface area contributed by atoms with Crippen molar-refractivity contribution in [1.82, 2.24) is 0 Å². The van der Waals surface area contributed by atoms with Crippen LogP contribution in [0.4, 0.5) is 0 Å². The van der Waals surface area contributed by atoms with E-state index >= 15 is 0 Å². The zero-order chi connectivity index (χ0) is 26.2. The lowest BCUT2D eigenvalue weighted by molar-refractivity contribution is 0.271. The van der Waals surface area contributed by atoms with E-state index in [-0.39, 0.29) is 0 Å². The van der Waals surface area contributed by atoms with Crippen LogP contribution in [0.5, 0.6) is 0 Å². The summed E-state index contributed by atoms with van der Waals surface area (Å²) in [6.07, 6.45) is 2.40. The van der Waals surface area contributed by atoms with E-state index in [1.54, 1.807) is 13.1 Å². The van der Waals surface area contributed by atoms with Crippen LogP contribution in [0, 0.1) is 0 Å². The summed E-state index contributed by atoms with van der Waals surface area (Å²) in [7, 11) is -14.9. The van der Waals surface area contributed by atoms with Gasteiger partial charge in [0, 0.05) is 0 Å². The summed E-state index contributed by atoms with van der Waals surface area (Å²) in [5, 5.41) is 0. The minimum Gasteiger partial charge on any atom is -0.440 e. The Kier molecular flexibility index (Phi) is 15.0. The van der Waals surface area contributed by atoms with Crippen LogP contribution in [0.1, 0.15) is 19.8 Å². The SMILES string of the molecule is CCCC[Si](C)(C)O.C[SiH](C)O[Si](C)(C)O[Si](C)(C)O[Si](C)(C)O[Si](C)(C)O[Si](C)(C)O. The summed E-state index contributed by atoms with van der Waals surface area (Å²) >= 11 is 0. The fourth-order valence-corrected chi connectivity index (χ4v) is 30.7. The van der Waals surface area contributed by atoms with E-state index in [4.69, 9.17) is 20.6 Å². The summed E-state index contributed by atoms with van der Waals surface area (Å²) in [5.41, 5.74) is 0. The first-order chi connectivity index (χ1) is 13.8. The Morgan fingerprint density at radius 1 is 0.594 bits per heavy atom. The highest BCUT2D eigenvalue weighted by molar-refractivity contribution is 6.89. The zero-order valence-corrected chi connectivity index (χ0v) is 30.8. The van der Waals surface area contributed by atoms with Crippen molar-refractivity contribution >= 4 is 60.2 Å². The standard InChI is InChI=1S/C12H38O6Si6.C6H16OSi/c1-19(2)14-21(5,6)16-23(9,10)18-24(11,12)17-22(7,8)15-20(3,4)13;1-4-5-6-8(2,3)7/h13,19H,1-12H3;7H,4-6H2,1-3H3. The summed E-state index contributed by atoms with van der Waals surface area (Å²) in [6, 6.07) is 1.06. The van der Waals surface area contributed by atoms with Crippen molar-refractivity contribution in [2.24, 2.45) is 0 Å². The molecule has 0 aromatic rings. The predicted octanol–water partition coefficient (Wildman–Crippen LogP) is 5.54. The average Bonchev–Trinajstić information content (AvgIpc) is 2.35. The van der Waals surface area contributed by atoms with Gasteiger partial charge in [-0.25, -0.2) is 0 Å². The fourth-order valence-electron chi connectivity index (χ4n) is 3.64. The lowest BCUT2D eigenvalue weighted by atomic mass is 10.4. The Morgan fingerprint density at radius 2 is 0.938 bits per heavy atom. The van der Waals surface area contributed by atoms with E-state index in [1.807, 2.05) is 52.4 Å². The number of rotatable bonds is 13. The molecule has 0 aliphatic carbocycles. The Balaban J connectivity index is 0. The summed E-state index contributed by atoms with van der Waals surface area (Å²) in [6.45, 7) is 30.1. The Labute approximate surface area is 207 Å². The van der Waals surface area contributed by atoms with Gasteiger partial charge in [-0.3, -0.25) is 0 Å². The second kappa shape index (κ2) is 13.5. The minimum absolute atomic E-state index is 1.06. The van der Waals surface area contributed by atoms with Gasteiger partial charge in [-0.15, -0.1) is 0 Å². The Hall–Kier alpha value is 1.24. The normalized spacial score (nSPS) is 14.4. The Bertz CT molecular complexity index is 531. The van der Waals surface area contributed by atoms with Gasteiger partial charge in [0.15, 0.2) is 17.4 Å². The van der Waals surface area contributed by atoms with Crippen LogP contribution in [-0.2, 0) is 20.6 Å². The third kappa shape index (κ3) is 23.0. The van der Waals surface area contributed by atoms with Gasteiger partial charge in [-0.2, -0.15) is 0 Å². The molecule has 0 spiro atoms. The molecule has 0 aliphatic heterocycles. The molecule has 0 saturated heterocycles. The predicted molar refractivity (Wildman–Crippen MR) is 153 cm³/mol. The molecule has 0 rings (SSSR count). The number of hydrogen-bond donors (Lipinski definition) is 2. The molecule has 0 atom stereocenters. The van der Waals surface area contributed by atoms with E-state index in [0.717, 1.165) is 6.04 Å². The summed E-state index contributed by atoms with van der Waals surface area (Å²) < 4.78 is 31.0. The van der Waals surface area contributed by atoms with Gasteiger partial charge < -0.3 is 30.2 Å². The molecule has 32 heavy (non-hydrogen) atoms. The third-order valence-corrected chi connectivity index (χ3v) is 25.1. The molecule has 2 N–H and O–H groups in total. The van der Waals surface area contributed by atoms with Crippen molar-refractivity contribution in [3.63, 3.8) is 0 Å². The molecular weight excluding hydrogens is 525 g/mol. The molecule has 0 amide bonds. The first kappa shape index (κ1) is 35.4. The first-order valence-corrected chi connectivity index (χ1v) is 31.8. The first-order valence-electron chi connectivity index (χ1n) is 11.7. The molecule has 0 fully saturated rings. The van der Waals surface area contributed by atoms with Crippen LogP contribution in [0.2, 0.25) is 97.7 Å². The molecule has 0 unspecified atom stereocenters. The maximum Gasteiger partial charge on any atom is 0.320 e. The highest BCUT2D eigenvalue weighted by Gasteiger charge is 2.46. The molecule has 0 radical (unpaired) electrons. The second-order valence-corrected chi connectivity index (χ2v) is 36.1. The van der Waals surface area contributed by atoms with Gasteiger partial charge in [-0.05, 0) is 97.7 Å². The molecule has 196 valence electrons. The van der Waals surface area contributed by atoms with Crippen LogP contribution in [0.25, 0.3) is 0 Å². The lowest BCUT2D eigenvalue weighted by Gasteiger charge is -2.41. The average molecular weight is 579 g/mol. The van der Waals surface area contributed by atoms with Crippen molar-refractivity contribution in [3.8, 4) is 0 Å². The molecule has 0 saturated carbocycles. The second-order valence-electron chi connectivity index (χ2n) is 11.5. The topological polar surface area (TPSA) is 86.6 Å². The van der Waals surface area contributed by atoms with Crippen LogP contribution < -0.4 is 0 Å². The van der Waals surface area contributed by atoms with E-state index in [0.29, 0.717) is 0 Å². The Morgan fingerprint density at radius 3 is 1.19 bits per heavy atom. The molecule has 0 bridgehead atoms. The van der Waals surface area contributed by atoms with E-state index < -0.39 is 60.2 Å². The van der Waals surface area contributed by atoms with Gasteiger partial charge in [-0.1, -0.05) is 19.8 Å². The smallest absolute Gasteiger partial charge is 0.320 e. The molecule has 7 nitrogen and oxygen atoms in total. The summed E-state index contributed by atoms with van der Waals surface area (Å²) in [4.78, 5) is 19.3. The van der Waals surface area contributed by atoms with Crippen LogP contribution in [0.3, 0.4) is 0 Å². The van der Waals surface area contributed by atoms with Gasteiger partial charge in [0.2, 0.25) is 0 Å². The van der Waals surface area contributed by atoms with Crippen LogP contribution >= 0.6 is 0 Å². The molecule has 0 aliphatic rings. The fraction of sp³-hybridized carbons (Fsp3) is 1.00. The summed E-state index contributed by atoms with van der Waals surface area (Å²) in [5.74, 6) is 0. The van der Waals surface area contributed by atoms with Gasteiger partial charge in [0.25, 0.3) is 0 Å². The van der Waals surface area contributed by atoms with Gasteiger partial charge in [0.1, 0.15) is 0 Å². The molecule has 0 aromatic heterocycles. The van der Waals surface area contributed by atoms with E-state index in [2.05, 4.69) is 33.1 Å². The number of hydrogen-bond acceptors (Lipinski definition) is 7. The molecule has 14 heteroatoms. The zero-order valence-electron chi connectivity index (χ0n) is 23.6. The molecule has 0 heterocycles. The van der Waals surface area contributed by atoms with E-state index in [9.17, 15) is 9.59 Å². The monoisotopic (exact) mass is 578 g/mol. The van der Waals surface area contributed by atoms with E-state index in [1.165, 1.54) is 12.8 Å². The van der Waals surface area contributed by atoms with Crippen molar-refractivity contribution < 1.29 is 30.2 Å². The number of unbranched alkanes of at least 4 members (excludes halogenated alkanes) is 1. The van der Waals surface area contributed by atoms with Gasteiger partial charge in [0.05, 0.1) is 0 Å². The quantitative estimate of drug-likeness (QED) is 0.278. The highest BCUT2D eigenvalue weighted by Crippen LogP contribution is 2.26. The molecule has 0 aromatic carbocycles. The maximum atomic E-state index is 10.0. The van der Waals surface area contributed by atoms with Crippen LogP contribution in [0.15, 0.2) is 0 Å². The lowest BCUT2D eigenvalue weighted by Crippen LogP contribution is -2.59. The minimum atomic E-state index is -2.63. The van der Waals surface area contributed by atoms with Crippen molar-refractivity contribution in [3.05, 3.63) is 0 Å². The largest absolute Gasteiger partial charge is 0.440 e. The van der Waals surface area contributed by atoms with Gasteiger partial charge >= 0.3 is 42.8 Å². The van der Waals surface area contributed by atoms with Crippen LogP contribution in [-0.4, -0.2) is 69.8 Å².